The van der Waals surface area contributed by atoms with Crippen LogP contribution in [0.15, 0.2) is 35.2 Å². The second-order valence-electron chi connectivity index (χ2n) is 3.74. The largest absolute Gasteiger partial charge is 0.287 e. The minimum absolute atomic E-state index is 0.0565. The molecule has 2 rings (SSSR count). The Hall–Kier alpha value is -1.99. The van der Waals surface area contributed by atoms with Gasteiger partial charge in [0.05, 0.1) is 17.0 Å². The summed E-state index contributed by atoms with van der Waals surface area (Å²) in [5.41, 5.74) is 4.22. The van der Waals surface area contributed by atoms with Crippen LogP contribution in [0.2, 0.25) is 0 Å². The van der Waals surface area contributed by atoms with Crippen LogP contribution in [-0.2, 0) is 6.54 Å². The van der Waals surface area contributed by atoms with E-state index in [4.69, 9.17) is 5.26 Å². The van der Waals surface area contributed by atoms with Crippen molar-refractivity contribution in [1.29, 1.82) is 5.26 Å². The third-order valence-corrected chi connectivity index (χ3v) is 3.38. The average Bonchev–Trinajstić information content (AvgIpc) is 2.75. The fourth-order valence-electron chi connectivity index (χ4n) is 1.49. The van der Waals surface area contributed by atoms with Crippen molar-refractivity contribution in [3.63, 3.8) is 0 Å². The lowest BCUT2D eigenvalue weighted by atomic mass is 10.1. The average molecular weight is 243 g/mol. The molecule has 0 unspecified atom stereocenters. The number of rotatable bonds is 3. The van der Waals surface area contributed by atoms with Crippen LogP contribution in [0.25, 0.3) is 0 Å². The Morgan fingerprint density at radius 1 is 1.41 bits per heavy atom. The first kappa shape index (κ1) is 11.5. The molecule has 0 saturated heterocycles. The third kappa shape index (κ3) is 2.58. The Balaban J connectivity index is 2.15. The fourth-order valence-corrected chi connectivity index (χ4v) is 2.27. The highest BCUT2D eigenvalue weighted by molar-refractivity contribution is 7.07. The maximum Gasteiger partial charge on any atom is 0.227 e. The van der Waals surface area contributed by atoms with Crippen molar-refractivity contribution in [3.8, 4) is 6.07 Å². The number of carbonyl (C=O) groups is 1. The minimum atomic E-state index is 0.0565. The van der Waals surface area contributed by atoms with Gasteiger partial charge in [0.2, 0.25) is 17.8 Å². The summed E-state index contributed by atoms with van der Waals surface area (Å²) < 4.78 is 1.92. The van der Waals surface area contributed by atoms with E-state index in [0.717, 1.165) is 5.69 Å². The zero-order chi connectivity index (χ0) is 12.3. The molecule has 0 amide bonds. The summed E-state index contributed by atoms with van der Waals surface area (Å²) in [7, 11) is 0. The molecule has 0 saturated carbocycles. The van der Waals surface area contributed by atoms with Crippen LogP contribution in [0.1, 0.15) is 21.6 Å². The van der Waals surface area contributed by atoms with Gasteiger partial charge >= 0.3 is 0 Å². The van der Waals surface area contributed by atoms with Crippen molar-refractivity contribution in [1.82, 2.24) is 0 Å². The SMILES string of the molecule is Cc1csc[n+]1CC(=O)c1ccc(C#N)cc1. The van der Waals surface area contributed by atoms with Gasteiger partial charge in [-0.1, -0.05) is 11.3 Å². The van der Waals surface area contributed by atoms with E-state index in [1.54, 1.807) is 35.6 Å². The number of nitrogens with zero attached hydrogens (tertiary/aromatic N) is 2. The molecule has 1 aromatic carbocycles. The van der Waals surface area contributed by atoms with Crippen molar-refractivity contribution < 1.29 is 9.36 Å². The molecule has 0 radical (unpaired) electrons. The van der Waals surface area contributed by atoms with Crippen LogP contribution < -0.4 is 4.57 Å². The minimum Gasteiger partial charge on any atom is -0.287 e. The van der Waals surface area contributed by atoms with Gasteiger partial charge in [-0.05, 0) is 24.3 Å². The van der Waals surface area contributed by atoms with E-state index < -0.39 is 0 Å². The quantitative estimate of drug-likeness (QED) is 0.612. The zero-order valence-electron chi connectivity index (χ0n) is 9.38. The zero-order valence-corrected chi connectivity index (χ0v) is 10.2. The van der Waals surface area contributed by atoms with Gasteiger partial charge < -0.3 is 0 Å². The molecule has 4 heteroatoms. The van der Waals surface area contributed by atoms with E-state index in [-0.39, 0.29) is 5.78 Å². The number of aryl methyl sites for hydroxylation is 1. The van der Waals surface area contributed by atoms with Crippen molar-refractivity contribution in [2.45, 2.75) is 13.5 Å². The van der Waals surface area contributed by atoms with E-state index in [1.807, 2.05) is 28.5 Å². The molecule has 0 bridgehead atoms. The monoisotopic (exact) mass is 243 g/mol. The Kier molecular flexibility index (Phi) is 3.31. The van der Waals surface area contributed by atoms with Gasteiger partial charge in [0.25, 0.3) is 0 Å². The fraction of sp³-hybridized carbons (Fsp3) is 0.154. The predicted octanol–water partition coefficient (Wildman–Crippen LogP) is 2.10. The van der Waals surface area contributed by atoms with Gasteiger partial charge in [-0.25, -0.2) is 0 Å². The van der Waals surface area contributed by atoms with Gasteiger partial charge in [-0.3, -0.25) is 4.79 Å². The summed E-state index contributed by atoms with van der Waals surface area (Å²) in [5, 5.41) is 10.7. The third-order valence-electron chi connectivity index (χ3n) is 2.53. The molecule has 1 aromatic heterocycles. The molecule has 0 atom stereocenters. The van der Waals surface area contributed by atoms with Gasteiger partial charge in [-0.15, -0.1) is 0 Å². The second kappa shape index (κ2) is 4.89. The number of Topliss-reactive ketones (excluding diaryl/α,β-unsaturated/α-hetero) is 1. The molecule has 1 heterocycles. The molecule has 0 N–H and O–H groups in total. The lowest BCUT2D eigenvalue weighted by molar-refractivity contribution is -0.684. The van der Waals surface area contributed by atoms with Gasteiger partial charge in [0.1, 0.15) is 0 Å². The van der Waals surface area contributed by atoms with Crippen molar-refractivity contribution in [2.24, 2.45) is 0 Å². The molecule has 2 aromatic rings. The summed E-state index contributed by atoms with van der Waals surface area (Å²) in [5.74, 6) is 0.0565. The van der Waals surface area contributed by atoms with E-state index in [2.05, 4.69) is 0 Å². The van der Waals surface area contributed by atoms with Crippen LogP contribution >= 0.6 is 11.3 Å². The van der Waals surface area contributed by atoms with Crippen LogP contribution in [0, 0.1) is 18.3 Å². The first-order valence-corrected chi connectivity index (χ1v) is 6.10. The summed E-state index contributed by atoms with van der Waals surface area (Å²) in [6.45, 7) is 2.32. The van der Waals surface area contributed by atoms with Gasteiger partial charge in [0.15, 0.2) is 5.69 Å². The number of hydrogen-bond acceptors (Lipinski definition) is 3. The first-order chi connectivity index (χ1) is 8.20. The molecule has 0 aliphatic rings. The summed E-state index contributed by atoms with van der Waals surface area (Å²) in [6.07, 6.45) is 0. The molecule has 3 nitrogen and oxygen atoms in total. The maximum atomic E-state index is 12.0. The lowest BCUT2D eigenvalue weighted by Gasteiger charge is -1.97. The number of carbonyl (C=O) groups excluding carboxylic acids is 1. The Morgan fingerprint density at radius 3 is 2.65 bits per heavy atom. The van der Waals surface area contributed by atoms with Crippen LogP contribution in [0.4, 0.5) is 0 Å². The van der Waals surface area contributed by atoms with Crippen LogP contribution in [0.5, 0.6) is 0 Å². The normalized spacial score (nSPS) is 9.88. The van der Waals surface area contributed by atoms with Crippen molar-refractivity contribution in [3.05, 3.63) is 52.0 Å². The first-order valence-electron chi connectivity index (χ1n) is 5.16. The van der Waals surface area contributed by atoms with Gasteiger partial charge in [0, 0.05) is 12.5 Å². The van der Waals surface area contributed by atoms with E-state index in [9.17, 15) is 4.79 Å². The smallest absolute Gasteiger partial charge is 0.227 e. The topological polar surface area (TPSA) is 44.7 Å². The summed E-state index contributed by atoms with van der Waals surface area (Å²) in [6, 6.07) is 8.76. The number of hydrogen-bond donors (Lipinski definition) is 0. The van der Waals surface area contributed by atoms with Crippen molar-refractivity contribution >= 4 is 17.1 Å². The lowest BCUT2D eigenvalue weighted by Crippen LogP contribution is -2.38. The number of aromatic nitrogens is 1. The summed E-state index contributed by atoms with van der Waals surface area (Å²) in [4.78, 5) is 12.0. The standard InChI is InChI=1S/C13H11N2OS/c1-10-8-17-9-15(10)7-13(16)12-4-2-11(6-14)3-5-12/h2-5,8-9H,7H2,1H3/q+1. The number of thiazole rings is 1. The molecule has 84 valence electrons. The highest BCUT2D eigenvalue weighted by atomic mass is 32.1. The summed E-state index contributed by atoms with van der Waals surface area (Å²) >= 11 is 1.58. The molecule has 17 heavy (non-hydrogen) atoms. The Bertz CT molecular complexity index is 578. The number of ketones is 1. The molecule has 0 spiro atoms. The van der Waals surface area contributed by atoms with E-state index >= 15 is 0 Å². The second-order valence-corrected chi connectivity index (χ2v) is 4.46. The number of benzene rings is 1. The maximum absolute atomic E-state index is 12.0. The Morgan fingerprint density at radius 2 is 2.12 bits per heavy atom. The van der Waals surface area contributed by atoms with Crippen LogP contribution in [-0.4, -0.2) is 5.78 Å². The predicted molar refractivity (Wildman–Crippen MR) is 64.7 cm³/mol. The van der Waals surface area contributed by atoms with Crippen LogP contribution in [0.3, 0.4) is 0 Å². The molecular weight excluding hydrogens is 232 g/mol. The van der Waals surface area contributed by atoms with Gasteiger partial charge in [-0.2, -0.15) is 9.83 Å². The highest BCUT2D eigenvalue weighted by Crippen LogP contribution is 2.05. The van der Waals surface area contributed by atoms with Crippen molar-refractivity contribution in [2.75, 3.05) is 0 Å². The molecule has 0 fully saturated rings. The number of nitriles is 1. The molecule has 0 aliphatic heterocycles. The van der Waals surface area contributed by atoms with E-state index in [1.165, 1.54) is 0 Å². The highest BCUT2D eigenvalue weighted by Gasteiger charge is 2.14. The molecular formula is C13H11N2OS+. The molecule has 0 aliphatic carbocycles. The van der Waals surface area contributed by atoms with E-state index in [0.29, 0.717) is 17.7 Å². The Labute approximate surface area is 104 Å².